The van der Waals surface area contributed by atoms with E-state index >= 15 is 0 Å². The number of nitrogens with one attached hydrogen (secondary N) is 1. The summed E-state index contributed by atoms with van der Waals surface area (Å²) in [5.74, 6) is 0. The standard InChI is InChI=1S/C14H23N3OS/c1-3-16-14(10-18)7-4-5-12(9-14)19-13-15-8-6-11(2)17-13/h6,8,12,16,18H,3-5,7,9-10H2,1-2H3. The van der Waals surface area contributed by atoms with Crippen LogP contribution >= 0.6 is 11.8 Å². The highest BCUT2D eigenvalue weighted by Crippen LogP contribution is 2.37. The minimum absolute atomic E-state index is 0.103. The molecule has 0 radical (unpaired) electrons. The van der Waals surface area contributed by atoms with Crippen molar-refractivity contribution in [3.05, 3.63) is 18.0 Å². The average molecular weight is 281 g/mol. The van der Waals surface area contributed by atoms with Crippen LogP contribution in [0.15, 0.2) is 17.4 Å². The van der Waals surface area contributed by atoms with Crippen LogP contribution in [0.1, 0.15) is 38.3 Å². The van der Waals surface area contributed by atoms with Gasteiger partial charge in [-0.3, -0.25) is 0 Å². The third kappa shape index (κ3) is 3.91. The van der Waals surface area contributed by atoms with Gasteiger partial charge in [0.2, 0.25) is 0 Å². The average Bonchev–Trinajstić information content (AvgIpc) is 2.39. The van der Waals surface area contributed by atoms with Gasteiger partial charge in [-0.05, 0) is 38.8 Å². The van der Waals surface area contributed by atoms with E-state index < -0.39 is 0 Å². The van der Waals surface area contributed by atoms with Gasteiger partial charge >= 0.3 is 0 Å². The highest BCUT2D eigenvalue weighted by atomic mass is 32.2. The number of aliphatic hydroxyl groups is 1. The quantitative estimate of drug-likeness (QED) is 0.810. The first-order valence-corrected chi connectivity index (χ1v) is 7.87. The molecule has 1 saturated carbocycles. The smallest absolute Gasteiger partial charge is 0.187 e. The van der Waals surface area contributed by atoms with Gasteiger partial charge in [-0.2, -0.15) is 0 Å². The molecule has 0 bridgehead atoms. The summed E-state index contributed by atoms with van der Waals surface area (Å²) in [6.45, 7) is 5.20. The van der Waals surface area contributed by atoms with Gasteiger partial charge in [0.05, 0.1) is 6.61 Å². The Kier molecular flexibility index (Phi) is 5.19. The van der Waals surface area contributed by atoms with Crippen molar-refractivity contribution in [3.63, 3.8) is 0 Å². The molecule has 2 N–H and O–H groups in total. The second-order valence-corrected chi connectivity index (χ2v) is 6.55. The normalized spacial score (nSPS) is 27.4. The van der Waals surface area contributed by atoms with E-state index in [2.05, 4.69) is 22.2 Å². The van der Waals surface area contributed by atoms with Crippen molar-refractivity contribution in [1.82, 2.24) is 15.3 Å². The number of rotatable bonds is 5. The van der Waals surface area contributed by atoms with Crippen LogP contribution in [0.2, 0.25) is 0 Å². The number of hydrogen-bond acceptors (Lipinski definition) is 5. The fourth-order valence-electron chi connectivity index (χ4n) is 2.78. The lowest BCUT2D eigenvalue weighted by molar-refractivity contribution is 0.125. The molecule has 19 heavy (non-hydrogen) atoms. The van der Waals surface area contributed by atoms with Crippen LogP contribution in [-0.4, -0.2) is 39.0 Å². The Balaban J connectivity index is 2.01. The van der Waals surface area contributed by atoms with Crippen molar-refractivity contribution in [2.24, 2.45) is 0 Å². The molecule has 0 aliphatic heterocycles. The molecule has 1 aromatic rings. The van der Waals surface area contributed by atoms with E-state index in [4.69, 9.17) is 0 Å². The molecule has 2 rings (SSSR count). The van der Waals surface area contributed by atoms with E-state index in [-0.39, 0.29) is 12.1 Å². The summed E-state index contributed by atoms with van der Waals surface area (Å²) < 4.78 is 0. The first kappa shape index (κ1) is 14.8. The molecule has 5 heteroatoms. The maximum atomic E-state index is 9.70. The van der Waals surface area contributed by atoms with E-state index in [0.29, 0.717) is 5.25 Å². The predicted octanol–water partition coefficient (Wildman–Crippen LogP) is 2.16. The summed E-state index contributed by atoms with van der Waals surface area (Å²) in [4.78, 5) is 8.78. The Labute approximate surface area is 119 Å². The summed E-state index contributed by atoms with van der Waals surface area (Å²) >= 11 is 1.75. The van der Waals surface area contributed by atoms with Gasteiger partial charge in [-0.1, -0.05) is 25.1 Å². The molecule has 1 aliphatic rings. The fraction of sp³-hybridized carbons (Fsp3) is 0.714. The molecule has 1 fully saturated rings. The summed E-state index contributed by atoms with van der Waals surface area (Å²) in [5, 5.41) is 14.5. The van der Waals surface area contributed by atoms with E-state index in [0.717, 1.165) is 36.7 Å². The Hall–Kier alpha value is -0.650. The van der Waals surface area contributed by atoms with E-state index in [1.165, 1.54) is 6.42 Å². The minimum Gasteiger partial charge on any atom is -0.394 e. The predicted molar refractivity (Wildman–Crippen MR) is 78.4 cm³/mol. The molecule has 2 atom stereocenters. The number of nitrogens with zero attached hydrogens (tertiary/aromatic N) is 2. The lowest BCUT2D eigenvalue weighted by Crippen LogP contribution is -2.52. The monoisotopic (exact) mass is 281 g/mol. The minimum atomic E-state index is -0.103. The van der Waals surface area contributed by atoms with Crippen molar-refractivity contribution in [2.75, 3.05) is 13.2 Å². The molecule has 106 valence electrons. The zero-order valence-corrected chi connectivity index (χ0v) is 12.5. The van der Waals surface area contributed by atoms with Crippen molar-refractivity contribution in [2.45, 2.75) is 55.5 Å². The SMILES string of the molecule is CCNC1(CO)CCCC(Sc2nccc(C)n2)C1. The zero-order chi connectivity index (χ0) is 13.7. The Morgan fingerprint density at radius 3 is 3.11 bits per heavy atom. The fourth-order valence-corrected chi connectivity index (χ4v) is 4.08. The molecule has 0 aromatic carbocycles. The molecular weight excluding hydrogens is 258 g/mol. The van der Waals surface area contributed by atoms with E-state index in [1.54, 1.807) is 11.8 Å². The number of hydrogen-bond donors (Lipinski definition) is 2. The Morgan fingerprint density at radius 1 is 1.58 bits per heavy atom. The number of aryl methyl sites for hydroxylation is 1. The van der Waals surface area contributed by atoms with E-state index in [1.807, 2.05) is 19.2 Å². The van der Waals surface area contributed by atoms with Crippen LogP contribution < -0.4 is 5.32 Å². The molecule has 0 spiro atoms. The molecular formula is C14H23N3OS. The third-order valence-corrected chi connectivity index (χ3v) is 4.84. The van der Waals surface area contributed by atoms with Gasteiger partial charge in [0.15, 0.2) is 5.16 Å². The van der Waals surface area contributed by atoms with Crippen molar-refractivity contribution in [3.8, 4) is 0 Å². The van der Waals surface area contributed by atoms with Gasteiger partial charge in [0, 0.05) is 22.7 Å². The Bertz CT molecular complexity index is 411. The molecule has 1 aromatic heterocycles. The molecule has 1 heterocycles. The van der Waals surface area contributed by atoms with Crippen LogP contribution in [0.3, 0.4) is 0 Å². The van der Waals surface area contributed by atoms with Gasteiger partial charge in [-0.25, -0.2) is 9.97 Å². The number of aromatic nitrogens is 2. The summed E-state index contributed by atoms with van der Waals surface area (Å²) in [5.41, 5.74) is 0.905. The van der Waals surface area contributed by atoms with Gasteiger partial charge < -0.3 is 10.4 Å². The van der Waals surface area contributed by atoms with Crippen molar-refractivity contribution in [1.29, 1.82) is 0 Å². The lowest BCUT2D eigenvalue weighted by Gasteiger charge is -2.40. The summed E-state index contributed by atoms with van der Waals surface area (Å²) in [6.07, 6.45) is 6.19. The molecule has 4 nitrogen and oxygen atoms in total. The first-order valence-electron chi connectivity index (χ1n) is 6.99. The third-order valence-electron chi connectivity index (χ3n) is 3.70. The van der Waals surface area contributed by atoms with Crippen LogP contribution in [0, 0.1) is 6.92 Å². The van der Waals surface area contributed by atoms with Gasteiger partial charge in [0.1, 0.15) is 0 Å². The summed E-state index contributed by atoms with van der Waals surface area (Å²) in [6, 6.07) is 1.92. The maximum absolute atomic E-state index is 9.70. The number of likely N-dealkylation sites (N-methyl/N-ethyl adjacent to an activating group) is 1. The maximum Gasteiger partial charge on any atom is 0.187 e. The number of aliphatic hydroxyl groups excluding tert-OH is 1. The van der Waals surface area contributed by atoms with Gasteiger partial charge in [-0.15, -0.1) is 0 Å². The van der Waals surface area contributed by atoms with Crippen LogP contribution in [-0.2, 0) is 0 Å². The Morgan fingerprint density at radius 2 is 2.42 bits per heavy atom. The van der Waals surface area contributed by atoms with E-state index in [9.17, 15) is 5.11 Å². The summed E-state index contributed by atoms with van der Waals surface area (Å²) in [7, 11) is 0. The molecule has 0 saturated heterocycles. The lowest BCUT2D eigenvalue weighted by atomic mass is 9.82. The largest absolute Gasteiger partial charge is 0.394 e. The zero-order valence-electron chi connectivity index (χ0n) is 11.7. The first-order chi connectivity index (χ1) is 9.17. The van der Waals surface area contributed by atoms with Crippen LogP contribution in [0.4, 0.5) is 0 Å². The van der Waals surface area contributed by atoms with Gasteiger partial charge in [0.25, 0.3) is 0 Å². The second kappa shape index (κ2) is 6.68. The van der Waals surface area contributed by atoms with Crippen molar-refractivity contribution < 1.29 is 5.11 Å². The highest BCUT2D eigenvalue weighted by Gasteiger charge is 2.35. The van der Waals surface area contributed by atoms with Crippen molar-refractivity contribution >= 4 is 11.8 Å². The number of thioether (sulfide) groups is 1. The van der Waals surface area contributed by atoms with Crippen LogP contribution in [0.5, 0.6) is 0 Å². The topological polar surface area (TPSA) is 58.0 Å². The molecule has 2 unspecified atom stereocenters. The molecule has 1 aliphatic carbocycles. The van der Waals surface area contributed by atoms with Crippen LogP contribution in [0.25, 0.3) is 0 Å². The second-order valence-electron chi connectivity index (χ2n) is 5.29. The molecule has 0 amide bonds. The highest BCUT2D eigenvalue weighted by molar-refractivity contribution is 7.99.